The van der Waals surface area contributed by atoms with E-state index in [0.29, 0.717) is 37.5 Å². The second kappa shape index (κ2) is 7.28. The van der Waals surface area contributed by atoms with Crippen LogP contribution in [0.25, 0.3) is 11.1 Å². The topological polar surface area (TPSA) is 76.7 Å². The molecule has 140 valence electrons. The normalized spacial score (nSPS) is 17.2. The molecule has 1 aromatic heterocycles. The average molecular weight is 367 g/mol. The summed E-state index contributed by atoms with van der Waals surface area (Å²) in [5.41, 5.74) is 2.83. The van der Waals surface area contributed by atoms with Gasteiger partial charge in [0.2, 0.25) is 0 Å². The lowest BCUT2D eigenvalue weighted by Crippen LogP contribution is -2.44. The first-order valence-corrected chi connectivity index (χ1v) is 9.01. The summed E-state index contributed by atoms with van der Waals surface area (Å²) in [6.45, 7) is 3.91. The third-order valence-corrected chi connectivity index (χ3v) is 4.76. The number of morpholine rings is 1. The number of carbonyl (C=O) groups excluding carboxylic acids is 1. The number of aryl methyl sites for hydroxylation is 1. The lowest BCUT2D eigenvalue weighted by molar-refractivity contribution is -0.0135. The smallest absolute Gasteiger partial charge is 0.408 e. The Labute approximate surface area is 156 Å². The van der Waals surface area contributed by atoms with Gasteiger partial charge in [-0.3, -0.25) is 4.57 Å². The zero-order chi connectivity index (χ0) is 18.8. The number of rotatable bonds is 3. The van der Waals surface area contributed by atoms with E-state index >= 15 is 0 Å². The molecule has 1 N–H and O–H groups in total. The fraction of sp³-hybridized carbons (Fsp3) is 0.300. The summed E-state index contributed by atoms with van der Waals surface area (Å²) < 4.78 is 12.6. The van der Waals surface area contributed by atoms with Crippen LogP contribution in [-0.2, 0) is 11.3 Å². The van der Waals surface area contributed by atoms with Crippen LogP contribution >= 0.6 is 0 Å². The quantitative estimate of drug-likeness (QED) is 0.771. The Morgan fingerprint density at radius 1 is 1.22 bits per heavy atom. The molecule has 1 aliphatic heterocycles. The highest BCUT2D eigenvalue weighted by Crippen LogP contribution is 2.23. The Morgan fingerprint density at radius 3 is 2.81 bits per heavy atom. The van der Waals surface area contributed by atoms with Crippen LogP contribution in [0, 0.1) is 0 Å². The standard InChI is InChI=1S/C20H21N3O4/c1-2-23-16-9-8-15(12-17(16)27-20(23)25)21-19(24)22-10-11-26-18(13-22)14-6-4-3-5-7-14/h3-9,12,18H,2,10-11,13H2,1H3,(H,21,24)/t18-/m1/s1. The summed E-state index contributed by atoms with van der Waals surface area (Å²) in [5.74, 6) is -0.394. The molecule has 0 bridgehead atoms. The van der Waals surface area contributed by atoms with Crippen molar-refractivity contribution >= 4 is 22.8 Å². The number of aromatic nitrogens is 1. The van der Waals surface area contributed by atoms with Gasteiger partial charge in [0.1, 0.15) is 6.10 Å². The van der Waals surface area contributed by atoms with Crippen molar-refractivity contribution in [1.82, 2.24) is 9.47 Å². The molecular formula is C20H21N3O4. The number of benzene rings is 2. The minimum Gasteiger partial charge on any atom is -0.408 e. The van der Waals surface area contributed by atoms with Crippen molar-refractivity contribution in [3.8, 4) is 0 Å². The summed E-state index contributed by atoms with van der Waals surface area (Å²) in [4.78, 5) is 26.2. The number of urea groups is 1. The first kappa shape index (κ1) is 17.4. The summed E-state index contributed by atoms with van der Waals surface area (Å²) in [6, 6.07) is 14.9. The Kier molecular flexibility index (Phi) is 4.68. The summed E-state index contributed by atoms with van der Waals surface area (Å²) >= 11 is 0. The Hall–Kier alpha value is -3.06. The molecule has 27 heavy (non-hydrogen) atoms. The lowest BCUT2D eigenvalue weighted by Gasteiger charge is -2.33. The lowest BCUT2D eigenvalue weighted by atomic mass is 10.1. The molecule has 2 amide bonds. The fourth-order valence-corrected chi connectivity index (χ4v) is 3.35. The third-order valence-electron chi connectivity index (χ3n) is 4.76. The highest BCUT2D eigenvalue weighted by molar-refractivity contribution is 5.91. The van der Waals surface area contributed by atoms with Gasteiger partial charge in [-0.1, -0.05) is 30.3 Å². The van der Waals surface area contributed by atoms with Crippen LogP contribution < -0.4 is 11.1 Å². The maximum absolute atomic E-state index is 12.7. The maximum atomic E-state index is 12.7. The number of hydrogen-bond acceptors (Lipinski definition) is 4. The van der Waals surface area contributed by atoms with E-state index in [1.807, 2.05) is 37.3 Å². The van der Waals surface area contributed by atoms with Crippen LogP contribution in [0.15, 0.2) is 57.7 Å². The van der Waals surface area contributed by atoms with Crippen LogP contribution in [0.4, 0.5) is 10.5 Å². The largest absolute Gasteiger partial charge is 0.419 e. The molecule has 1 aliphatic rings. The number of ether oxygens (including phenoxy) is 1. The number of anilines is 1. The molecule has 1 fully saturated rings. The molecule has 3 aromatic rings. The molecule has 1 atom stereocenters. The Balaban J connectivity index is 1.48. The van der Waals surface area contributed by atoms with Gasteiger partial charge in [0.05, 0.1) is 18.7 Å². The van der Waals surface area contributed by atoms with Crippen LogP contribution in [0.1, 0.15) is 18.6 Å². The zero-order valence-corrected chi connectivity index (χ0v) is 15.1. The number of nitrogens with one attached hydrogen (secondary N) is 1. The third kappa shape index (κ3) is 3.46. The number of oxazole rings is 1. The van der Waals surface area contributed by atoms with E-state index in [9.17, 15) is 9.59 Å². The second-order valence-corrected chi connectivity index (χ2v) is 6.44. The van der Waals surface area contributed by atoms with Crippen LogP contribution in [0.2, 0.25) is 0 Å². The average Bonchev–Trinajstić information content (AvgIpc) is 3.02. The van der Waals surface area contributed by atoms with Gasteiger partial charge in [-0.05, 0) is 24.6 Å². The summed E-state index contributed by atoms with van der Waals surface area (Å²) in [5, 5.41) is 2.88. The number of carbonyl (C=O) groups is 1. The molecule has 0 spiro atoms. The van der Waals surface area contributed by atoms with Gasteiger partial charge < -0.3 is 19.4 Å². The van der Waals surface area contributed by atoms with Crippen LogP contribution in [0.3, 0.4) is 0 Å². The van der Waals surface area contributed by atoms with Crippen molar-refractivity contribution in [1.29, 1.82) is 0 Å². The van der Waals surface area contributed by atoms with E-state index in [4.69, 9.17) is 9.15 Å². The summed E-state index contributed by atoms with van der Waals surface area (Å²) in [6.07, 6.45) is -0.134. The fourth-order valence-electron chi connectivity index (χ4n) is 3.35. The van der Waals surface area contributed by atoms with Crippen LogP contribution in [-0.4, -0.2) is 35.2 Å². The second-order valence-electron chi connectivity index (χ2n) is 6.44. The Morgan fingerprint density at radius 2 is 2.04 bits per heavy atom. The van der Waals surface area contributed by atoms with Crippen molar-refractivity contribution in [3.63, 3.8) is 0 Å². The minimum absolute atomic E-state index is 0.134. The predicted molar refractivity (Wildman–Crippen MR) is 102 cm³/mol. The first-order chi connectivity index (χ1) is 13.2. The van der Waals surface area contributed by atoms with Gasteiger partial charge in [-0.25, -0.2) is 9.59 Å². The van der Waals surface area contributed by atoms with E-state index in [-0.39, 0.29) is 12.1 Å². The highest BCUT2D eigenvalue weighted by atomic mass is 16.5. The van der Waals surface area contributed by atoms with Crippen molar-refractivity contribution < 1.29 is 13.9 Å². The molecule has 7 heteroatoms. The molecule has 7 nitrogen and oxygen atoms in total. The maximum Gasteiger partial charge on any atom is 0.419 e. The van der Waals surface area contributed by atoms with Crippen molar-refractivity contribution in [3.05, 3.63) is 64.6 Å². The van der Waals surface area contributed by atoms with Gasteiger partial charge in [0.25, 0.3) is 0 Å². The number of fused-ring (bicyclic) bond motifs is 1. The molecule has 2 aromatic carbocycles. The van der Waals surface area contributed by atoms with E-state index < -0.39 is 5.76 Å². The van der Waals surface area contributed by atoms with Crippen molar-refractivity contribution in [2.24, 2.45) is 0 Å². The molecule has 1 saturated heterocycles. The van der Waals surface area contributed by atoms with Gasteiger partial charge in [-0.15, -0.1) is 0 Å². The van der Waals surface area contributed by atoms with Gasteiger partial charge >= 0.3 is 11.8 Å². The molecule has 0 radical (unpaired) electrons. The number of hydrogen-bond donors (Lipinski definition) is 1. The van der Waals surface area contributed by atoms with Gasteiger partial charge in [0, 0.05) is 24.8 Å². The van der Waals surface area contributed by atoms with E-state index in [0.717, 1.165) is 11.1 Å². The van der Waals surface area contributed by atoms with Crippen molar-refractivity contribution in [2.75, 3.05) is 25.0 Å². The molecule has 0 saturated carbocycles. The minimum atomic E-state index is -0.394. The van der Waals surface area contributed by atoms with Crippen molar-refractivity contribution in [2.45, 2.75) is 19.6 Å². The number of nitrogens with zero attached hydrogens (tertiary/aromatic N) is 2. The highest BCUT2D eigenvalue weighted by Gasteiger charge is 2.25. The van der Waals surface area contributed by atoms with Gasteiger partial charge in [-0.2, -0.15) is 0 Å². The molecule has 4 rings (SSSR count). The predicted octanol–water partition coefficient (Wildman–Crippen LogP) is 3.22. The Bertz CT molecular complexity index is 1010. The monoisotopic (exact) mass is 367 g/mol. The molecule has 0 aliphatic carbocycles. The van der Waals surface area contributed by atoms with E-state index in [1.54, 1.807) is 27.7 Å². The number of amides is 2. The zero-order valence-electron chi connectivity index (χ0n) is 15.1. The molecular weight excluding hydrogens is 346 g/mol. The SMILES string of the molecule is CCn1c(=O)oc2cc(NC(=O)N3CCO[C@@H](c4ccccc4)C3)ccc21. The molecule has 2 heterocycles. The molecule has 0 unspecified atom stereocenters. The first-order valence-electron chi connectivity index (χ1n) is 9.01. The van der Waals surface area contributed by atoms with E-state index in [2.05, 4.69) is 5.32 Å². The van der Waals surface area contributed by atoms with Crippen LogP contribution in [0.5, 0.6) is 0 Å². The van der Waals surface area contributed by atoms with Gasteiger partial charge in [0.15, 0.2) is 5.58 Å². The summed E-state index contributed by atoms with van der Waals surface area (Å²) in [7, 11) is 0. The van der Waals surface area contributed by atoms with E-state index in [1.165, 1.54) is 0 Å².